The molecule has 0 saturated heterocycles. The Morgan fingerprint density at radius 2 is 1.70 bits per heavy atom. The van der Waals surface area contributed by atoms with Crippen molar-refractivity contribution in [2.45, 2.75) is 4.90 Å². The second-order valence-electron chi connectivity index (χ2n) is 5.79. The number of hydrogen-bond donors (Lipinski definition) is 3. The van der Waals surface area contributed by atoms with E-state index in [2.05, 4.69) is 36.4 Å². The van der Waals surface area contributed by atoms with Crippen LogP contribution in [0.4, 0.5) is 23.5 Å². The van der Waals surface area contributed by atoms with E-state index in [1.54, 1.807) is 19.0 Å². The SMILES string of the molecule is CN(C)c1nc(NCCNS(C)(=O)=O)nc(Nc2[c-]ccc(S(=O)(=O)[O-])c2)n1.[Li+].[Li+]. The van der Waals surface area contributed by atoms with Crippen molar-refractivity contribution < 1.29 is 59.1 Å². The maximum Gasteiger partial charge on any atom is 1.00 e. The number of aromatic nitrogens is 3. The summed E-state index contributed by atoms with van der Waals surface area (Å²) in [6.45, 7) is 0.348. The van der Waals surface area contributed by atoms with Crippen LogP contribution in [0.5, 0.6) is 0 Å². The number of rotatable bonds is 9. The van der Waals surface area contributed by atoms with Crippen LogP contribution in [0.25, 0.3) is 0 Å². The summed E-state index contributed by atoms with van der Waals surface area (Å²) < 4.78 is 57.9. The Morgan fingerprint density at radius 3 is 2.27 bits per heavy atom. The average molecular weight is 443 g/mol. The molecule has 0 atom stereocenters. The third-order valence-electron chi connectivity index (χ3n) is 3.10. The van der Waals surface area contributed by atoms with E-state index in [1.807, 2.05) is 0 Å². The number of hydrogen-bond acceptors (Lipinski definition) is 11. The van der Waals surface area contributed by atoms with Crippen LogP contribution >= 0.6 is 0 Å². The number of nitrogens with zero attached hydrogens (tertiary/aromatic N) is 4. The third kappa shape index (κ3) is 9.64. The van der Waals surface area contributed by atoms with E-state index in [9.17, 15) is 21.4 Å². The summed E-state index contributed by atoms with van der Waals surface area (Å²) in [5.74, 6) is 0.543. The smallest absolute Gasteiger partial charge is 0.746 e. The molecule has 0 amide bonds. The predicted octanol–water partition coefficient (Wildman–Crippen LogP) is -6.65. The zero-order valence-electron chi connectivity index (χ0n) is 17.3. The van der Waals surface area contributed by atoms with Crippen molar-refractivity contribution >= 4 is 43.7 Å². The van der Waals surface area contributed by atoms with Crippen molar-refractivity contribution in [1.29, 1.82) is 0 Å². The van der Waals surface area contributed by atoms with Crippen LogP contribution in [0, 0.1) is 6.07 Å². The quantitative estimate of drug-likeness (QED) is 0.146. The van der Waals surface area contributed by atoms with Gasteiger partial charge < -0.3 is 20.1 Å². The molecule has 0 saturated carbocycles. The standard InChI is InChI=1S/C14H20N7O5S2.2Li/c1-21(2)14-19-12(15-7-8-16-27(3,22)23)18-13(20-14)17-10-5-4-6-11(9-10)28(24,25)26;;/h4,6,9,16H,7-8H2,1-3H3,(H,24,25,26)(H2,15,17,18,19,20);;/q-1;2*+1/p-1. The minimum absolute atomic E-state index is 0. The molecule has 1 aromatic heterocycles. The third-order valence-corrected chi connectivity index (χ3v) is 4.66. The largest absolute Gasteiger partial charge is 1.00 e. The van der Waals surface area contributed by atoms with Crippen LogP contribution in [0.15, 0.2) is 23.1 Å². The number of benzene rings is 1. The fourth-order valence-corrected chi connectivity index (χ4v) is 2.87. The van der Waals surface area contributed by atoms with Gasteiger partial charge in [0.05, 0.1) is 6.26 Å². The first-order valence-electron chi connectivity index (χ1n) is 7.80. The summed E-state index contributed by atoms with van der Waals surface area (Å²) in [5, 5.41) is 5.63. The molecule has 2 rings (SSSR count). The molecular weight excluding hydrogens is 424 g/mol. The van der Waals surface area contributed by atoms with Gasteiger partial charge in [-0.15, -0.1) is 6.07 Å². The van der Waals surface area contributed by atoms with Gasteiger partial charge in [-0.25, -0.2) is 21.6 Å². The monoisotopic (exact) mass is 443 g/mol. The van der Waals surface area contributed by atoms with Gasteiger partial charge in [-0.2, -0.15) is 33.2 Å². The van der Waals surface area contributed by atoms with Crippen LogP contribution in [-0.2, 0) is 20.1 Å². The summed E-state index contributed by atoms with van der Waals surface area (Å²) >= 11 is 0. The van der Waals surface area contributed by atoms with E-state index in [0.29, 0.717) is 5.95 Å². The molecule has 2 aromatic rings. The molecule has 12 nitrogen and oxygen atoms in total. The van der Waals surface area contributed by atoms with Gasteiger partial charge in [0.2, 0.25) is 27.9 Å². The maximum absolute atomic E-state index is 11.1. The first-order valence-corrected chi connectivity index (χ1v) is 11.1. The Kier molecular flexibility index (Phi) is 11.3. The Balaban J connectivity index is 0.00000420. The molecule has 0 aliphatic carbocycles. The van der Waals surface area contributed by atoms with Crippen molar-refractivity contribution in [1.82, 2.24) is 19.7 Å². The van der Waals surface area contributed by atoms with Crippen LogP contribution < -0.4 is 58.0 Å². The van der Waals surface area contributed by atoms with Crippen LogP contribution in [0.3, 0.4) is 0 Å². The molecule has 16 heteroatoms. The summed E-state index contributed by atoms with van der Waals surface area (Å²) in [4.78, 5) is 13.7. The zero-order valence-corrected chi connectivity index (χ0v) is 18.9. The molecule has 0 spiro atoms. The van der Waals surface area contributed by atoms with E-state index in [4.69, 9.17) is 0 Å². The molecule has 0 aliphatic rings. The summed E-state index contributed by atoms with van der Waals surface area (Å²) in [5.41, 5.74) is 0.178. The van der Waals surface area contributed by atoms with Crippen LogP contribution in [0.2, 0.25) is 0 Å². The molecule has 30 heavy (non-hydrogen) atoms. The Bertz CT molecular complexity index is 1050. The summed E-state index contributed by atoms with van der Waals surface area (Å²) in [6.07, 6.45) is 1.05. The van der Waals surface area contributed by atoms with E-state index in [0.717, 1.165) is 18.4 Å². The van der Waals surface area contributed by atoms with Gasteiger partial charge in [0, 0.05) is 27.2 Å². The molecular formula is C14H19Li2N7O5S2. The number of anilines is 4. The summed E-state index contributed by atoms with van der Waals surface area (Å²) in [6, 6.07) is 6.28. The maximum atomic E-state index is 11.1. The Hall–Kier alpha value is -1.36. The molecule has 0 unspecified atom stereocenters. The van der Waals surface area contributed by atoms with Gasteiger partial charge in [-0.3, -0.25) is 0 Å². The van der Waals surface area contributed by atoms with E-state index < -0.39 is 25.0 Å². The van der Waals surface area contributed by atoms with E-state index in [1.165, 1.54) is 6.07 Å². The number of nitrogens with one attached hydrogen (secondary N) is 3. The second-order valence-corrected chi connectivity index (χ2v) is 9.00. The fourth-order valence-electron chi connectivity index (χ4n) is 1.90. The molecule has 3 N–H and O–H groups in total. The molecule has 0 radical (unpaired) electrons. The number of sulfonamides is 1. The predicted molar refractivity (Wildman–Crippen MR) is 102 cm³/mol. The molecule has 154 valence electrons. The molecule has 1 heterocycles. The average Bonchev–Trinajstić information content (AvgIpc) is 2.57. The van der Waals surface area contributed by atoms with E-state index in [-0.39, 0.29) is 68.4 Å². The van der Waals surface area contributed by atoms with Crippen molar-refractivity contribution in [2.75, 3.05) is 49.0 Å². The van der Waals surface area contributed by atoms with Gasteiger partial charge in [-0.1, -0.05) is 10.6 Å². The molecule has 1 aromatic carbocycles. The first kappa shape index (κ1) is 28.6. The van der Waals surface area contributed by atoms with Gasteiger partial charge in [0.15, 0.2) is 0 Å². The van der Waals surface area contributed by atoms with Crippen LogP contribution in [0.1, 0.15) is 0 Å². The van der Waals surface area contributed by atoms with Crippen molar-refractivity contribution in [3.8, 4) is 0 Å². The Morgan fingerprint density at radius 1 is 1.07 bits per heavy atom. The normalized spacial score (nSPS) is 11.1. The second kappa shape index (κ2) is 11.9. The van der Waals surface area contributed by atoms with Gasteiger partial charge in [0.1, 0.15) is 10.1 Å². The molecule has 0 bridgehead atoms. The van der Waals surface area contributed by atoms with Crippen LogP contribution in [-0.4, -0.2) is 69.8 Å². The van der Waals surface area contributed by atoms with Crippen molar-refractivity contribution in [2.24, 2.45) is 0 Å². The van der Waals surface area contributed by atoms with Crippen molar-refractivity contribution in [3.05, 3.63) is 24.3 Å². The van der Waals surface area contributed by atoms with Crippen molar-refractivity contribution in [3.63, 3.8) is 0 Å². The Labute approximate surface area is 199 Å². The topological polar surface area (TPSA) is 169 Å². The minimum atomic E-state index is -4.61. The zero-order chi connectivity index (χ0) is 20.9. The van der Waals surface area contributed by atoms with Gasteiger partial charge in [0.25, 0.3) is 0 Å². The minimum Gasteiger partial charge on any atom is -0.746 e. The molecule has 0 fully saturated rings. The fraction of sp³-hybridized carbons (Fsp3) is 0.357. The van der Waals surface area contributed by atoms with Gasteiger partial charge in [-0.05, 0) is 0 Å². The van der Waals surface area contributed by atoms with Gasteiger partial charge >= 0.3 is 37.7 Å². The first-order chi connectivity index (χ1) is 12.9. The van der Waals surface area contributed by atoms with E-state index >= 15 is 0 Å². The molecule has 0 aliphatic heterocycles. The summed E-state index contributed by atoms with van der Waals surface area (Å²) in [7, 11) is -4.50.